The highest BCUT2D eigenvalue weighted by molar-refractivity contribution is 5.91. The monoisotopic (exact) mass is 379 g/mol. The maximum absolute atomic E-state index is 6.13. The second-order valence-corrected chi connectivity index (χ2v) is 6.53. The number of aromatic nitrogens is 4. The van der Waals surface area contributed by atoms with Crippen molar-refractivity contribution in [3.8, 4) is 28.4 Å². The third-order valence-corrected chi connectivity index (χ3v) is 4.63. The smallest absolute Gasteiger partial charge is 0.155 e. The lowest BCUT2D eigenvalue weighted by Gasteiger charge is -2.08. The number of para-hydroxylation sites is 1. The van der Waals surface area contributed by atoms with Crippen LogP contribution in [0.25, 0.3) is 27.8 Å². The fraction of sp³-hybridized carbons (Fsp3) is 0. The van der Waals surface area contributed by atoms with Crippen molar-refractivity contribution in [3.63, 3.8) is 0 Å². The van der Waals surface area contributed by atoms with Gasteiger partial charge in [-0.15, -0.1) is 5.10 Å². The zero-order valence-corrected chi connectivity index (χ0v) is 15.4. The lowest BCUT2D eigenvalue weighted by atomic mass is 10.1. The van der Waals surface area contributed by atoms with Crippen LogP contribution in [0.5, 0.6) is 11.5 Å². The first-order chi connectivity index (χ1) is 14.3. The molecular weight excluding hydrogens is 362 g/mol. The third kappa shape index (κ3) is 3.27. The highest BCUT2D eigenvalue weighted by Gasteiger charge is 2.12. The van der Waals surface area contributed by atoms with E-state index in [-0.39, 0.29) is 0 Å². The van der Waals surface area contributed by atoms with Crippen LogP contribution in [-0.4, -0.2) is 19.7 Å². The summed E-state index contributed by atoms with van der Waals surface area (Å²) in [5, 5.41) is 5.32. The van der Waals surface area contributed by atoms with Gasteiger partial charge < -0.3 is 10.5 Å². The molecule has 0 atom stereocenters. The number of anilines is 1. The minimum atomic E-state index is 0.443. The zero-order chi connectivity index (χ0) is 19.6. The molecule has 2 aromatic carbocycles. The van der Waals surface area contributed by atoms with Crippen molar-refractivity contribution in [3.05, 3.63) is 91.4 Å². The van der Waals surface area contributed by atoms with Gasteiger partial charge in [0, 0.05) is 24.2 Å². The summed E-state index contributed by atoms with van der Waals surface area (Å²) >= 11 is 0. The molecule has 5 aromatic rings. The van der Waals surface area contributed by atoms with Gasteiger partial charge >= 0.3 is 0 Å². The Kier molecular flexibility index (Phi) is 4.14. The van der Waals surface area contributed by atoms with Gasteiger partial charge in [0.05, 0.1) is 22.3 Å². The van der Waals surface area contributed by atoms with Crippen LogP contribution in [0.15, 0.2) is 91.4 Å². The maximum atomic E-state index is 6.13. The number of nitrogens with two attached hydrogens (primary N) is 1. The zero-order valence-electron chi connectivity index (χ0n) is 15.4. The first-order valence-corrected chi connectivity index (χ1v) is 9.16. The maximum Gasteiger partial charge on any atom is 0.155 e. The van der Waals surface area contributed by atoms with Crippen LogP contribution in [0.3, 0.4) is 0 Å². The average molecular weight is 379 g/mol. The van der Waals surface area contributed by atoms with Crippen molar-refractivity contribution in [1.82, 2.24) is 19.7 Å². The van der Waals surface area contributed by atoms with Crippen LogP contribution in [0.2, 0.25) is 0 Å². The molecule has 140 valence electrons. The summed E-state index contributed by atoms with van der Waals surface area (Å²) in [6.07, 6.45) is 5.26. The number of hydrogen-bond acceptors (Lipinski definition) is 5. The van der Waals surface area contributed by atoms with Crippen LogP contribution in [0.1, 0.15) is 0 Å². The number of hydrogen-bond donors (Lipinski definition) is 1. The molecule has 0 fully saturated rings. The molecular formula is C23H17N5O. The molecule has 0 amide bonds. The van der Waals surface area contributed by atoms with Crippen LogP contribution < -0.4 is 10.5 Å². The van der Waals surface area contributed by atoms with Gasteiger partial charge in [-0.2, -0.15) is 0 Å². The Labute approximate surface area is 167 Å². The molecule has 0 saturated carbocycles. The first-order valence-electron chi connectivity index (χ1n) is 9.16. The molecule has 2 N–H and O–H groups in total. The molecule has 0 unspecified atom stereocenters. The number of fused-ring (bicyclic) bond motifs is 1. The van der Waals surface area contributed by atoms with Crippen molar-refractivity contribution >= 4 is 16.7 Å². The largest absolute Gasteiger partial charge is 0.457 e. The average Bonchev–Trinajstić information content (AvgIpc) is 3.11. The molecule has 0 radical (unpaired) electrons. The standard InChI is InChI=1S/C23H17N5O/c24-23-20-15-26-21(16-10-12-25-13-11-16)14-22(20)28(27-23)17-6-8-19(9-7-17)29-18-4-2-1-3-5-18/h1-15H,(H2,24,27). The van der Waals surface area contributed by atoms with Gasteiger partial charge in [0.2, 0.25) is 0 Å². The molecule has 0 saturated heterocycles. The van der Waals surface area contributed by atoms with Gasteiger partial charge in [-0.05, 0) is 54.6 Å². The number of rotatable bonds is 4. The first kappa shape index (κ1) is 16.9. The van der Waals surface area contributed by atoms with Gasteiger partial charge in [-0.1, -0.05) is 18.2 Å². The van der Waals surface area contributed by atoms with Crippen LogP contribution >= 0.6 is 0 Å². The van der Waals surface area contributed by atoms with E-state index >= 15 is 0 Å². The van der Waals surface area contributed by atoms with E-state index in [2.05, 4.69) is 15.1 Å². The highest BCUT2D eigenvalue weighted by atomic mass is 16.5. The van der Waals surface area contributed by atoms with E-state index in [0.717, 1.165) is 39.3 Å². The number of nitrogens with zero attached hydrogens (tertiary/aromatic N) is 4. The van der Waals surface area contributed by atoms with Gasteiger partial charge in [-0.3, -0.25) is 9.97 Å². The van der Waals surface area contributed by atoms with Crippen molar-refractivity contribution in [1.29, 1.82) is 0 Å². The molecule has 5 rings (SSSR count). The van der Waals surface area contributed by atoms with Crippen molar-refractivity contribution < 1.29 is 4.74 Å². The van der Waals surface area contributed by atoms with Gasteiger partial charge in [0.15, 0.2) is 5.82 Å². The van der Waals surface area contributed by atoms with Crippen LogP contribution in [0.4, 0.5) is 5.82 Å². The molecule has 0 aliphatic carbocycles. The molecule has 0 spiro atoms. The van der Waals surface area contributed by atoms with E-state index in [9.17, 15) is 0 Å². The summed E-state index contributed by atoms with van der Waals surface area (Å²) in [5.74, 6) is 1.99. The fourth-order valence-corrected chi connectivity index (χ4v) is 3.19. The molecule has 6 nitrogen and oxygen atoms in total. The summed E-state index contributed by atoms with van der Waals surface area (Å²) < 4.78 is 7.69. The van der Waals surface area contributed by atoms with Gasteiger partial charge in [0.1, 0.15) is 11.5 Å². The topological polar surface area (TPSA) is 78.8 Å². The predicted octanol–water partition coefficient (Wildman–Crippen LogP) is 4.86. The van der Waals surface area contributed by atoms with E-state index in [0.29, 0.717) is 5.82 Å². The summed E-state index contributed by atoms with van der Waals surface area (Å²) in [6, 6.07) is 23.3. The normalized spacial score (nSPS) is 10.9. The lowest BCUT2D eigenvalue weighted by molar-refractivity contribution is 0.482. The molecule has 3 heterocycles. The molecule has 6 heteroatoms. The minimum Gasteiger partial charge on any atom is -0.457 e. The molecule has 0 aliphatic heterocycles. The SMILES string of the molecule is Nc1nn(-c2ccc(Oc3ccccc3)cc2)c2cc(-c3ccncc3)ncc12. The minimum absolute atomic E-state index is 0.443. The van der Waals surface area contributed by atoms with E-state index in [4.69, 9.17) is 10.5 Å². The van der Waals surface area contributed by atoms with E-state index in [1.165, 1.54) is 0 Å². The molecule has 0 aliphatic rings. The van der Waals surface area contributed by atoms with Gasteiger partial charge in [0.25, 0.3) is 0 Å². The number of ether oxygens (including phenoxy) is 1. The second-order valence-electron chi connectivity index (χ2n) is 6.53. The summed E-state index contributed by atoms with van der Waals surface area (Å²) in [4.78, 5) is 8.59. The van der Waals surface area contributed by atoms with Gasteiger partial charge in [-0.25, -0.2) is 4.68 Å². The Hall–Kier alpha value is -4.19. The number of benzene rings is 2. The number of nitrogen functional groups attached to an aromatic ring is 1. The van der Waals surface area contributed by atoms with Crippen LogP contribution in [-0.2, 0) is 0 Å². The quantitative estimate of drug-likeness (QED) is 0.482. The molecule has 3 aromatic heterocycles. The molecule has 29 heavy (non-hydrogen) atoms. The van der Waals surface area contributed by atoms with E-state index < -0.39 is 0 Å². The Bertz CT molecular complexity index is 1270. The fourth-order valence-electron chi connectivity index (χ4n) is 3.19. The Morgan fingerprint density at radius 2 is 1.55 bits per heavy atom. The second kappa shape index (κ2) is 7.09. The summed E-state index contributed by atoms with van der Waals surface area (Å²) in [6.45, 7) is 0. The van der Waals surface area contributed by atoms with Crippen LogP contribution in [0, 0.1) is 0 Å². The number of pyridine rings is 2. The summed E-state index contributed by atoms with van der Waals surface area (Å²) in [7, 11) is 0. The lowest BCUT2D eigenvalue weighted by Crippen LogP contribution is -1.97. The third-order valence-electron chi connectivity index (χ3n) is 4.63. The van der Waals surface area contributed by atoms with Crippen molar-refractivity contribution in [2.75, 3.05) is 5.73 Å². The predicted molar refractivity (Wildman–Crippen MR) is 113 cm³/mol. The Morgan fingerprint density at radius 1 is 0.828 bits per heavy atom. The van der Waals surface area contributed by atoms with Crippen molar-refractivity contribution in [2.45, 2.75) is 0 Å². The highest BCUT2D eigenvalue weighted by Crippen LogP contribution is 2.28. The van der Waals surface area contributed by atoms with Crippen molar-refractivity contribution in [2.24, 2.45) is 0 Å². The van der Waals surface area contributed by atoms with E-state index in [1.807, 2.05) is 77.5 Å². The van der Waals surface area contributed by atoms with E-state index in [1.54, 1.807) is 18.6 Å². The molecule has 0 bridgehead atoms. The summed E-state index contributed by atoms with van der Waals surface area (Å²) in [5.41, 5.74) is 9.73. The Morgan fingerprint density at radius 3 is 2.31 bits per heavy atom. The Balaban J connectivity index is 1.52.